The van der Waals surface area contributed by atoms with Crippen molar-refractivity contribution in [3.05, 3.63) is 59.2 Å². The van der Waals surface area contributed by atoms with Gasteiger partial charge in [-0.3, -0.25) is 9.59 Å². The van der Waals surface area contributed by atoms with Gasteiger partial charge in [-0.25, -0.2) is 4.79 Å². The van der Waals surface area contributed by atoms with Crippen LogP contribution in [0, 0.1) is 5.92 Å². The van der Waals surface area contributed by atoms with Crippen LogP contribution < -0.4 is 4.90 Å². The van der Waals surface area contributed by atoms with Crippen LogP contribution in [0.25, 0.3) is 0 Å². The molecular weight excluding hydrogens is 462 g/mol. The molecule has 184 valence electrons. The molecule has 0 aromatic heterocycles. The van der Waals surface area contributed by atoms with Crippen molar-refractivity contribution in [1.29, 1.82) is 0 Å². The summed E-state index contributed by atoms with van der Waals surface area (Å²) in [6.45, 7) is 2.26. The van der Waals surface area contributed by atoms with Crippen LogP contribution in [-0.2, 0) is 19.1 Å². The zero-order valence-electron chi connectivity index (χ0n) is 20.2. The SMILES string of the molecule is COC(=O)CC1CN(C(C)=O)c2cc(C(=O)OCC3c4ccccc4C4CCCC[C@H]43)ccc2S1. The molecule has 1 fully saturated rings. The quantitative estimate of drug-likeness (QED) is 0.526. The standard InChI is InChI=1S/C28H31NO5S/c1-17(30)29-15-19(14-27(31)33-2)35-26-12-11-18(13-25(26)29)28(32)34-16-24-22-9-5-3-7-20(22)21-8-4-6-10-23(21)24/h3,5,7,9,11-13,19,21,23-24H,4,6,8,10,14-16H2,1-2H3/t19?,21?,23-,24?/m1/s1. The summed E-state index contributed by atoms with van der Waals surface area (Å²) in [6.07, 6.45) is 5.12. The molecule has 2 aliphatic carbocycles. The minimum atomic E-state index is -0.366. The lowest BCUT2D eigenvalue weighted by Crippen LogP contribution is -2.39. The molecule has 5 rings (SSSR count). The van der Waals surface area contributed by atoms with E-state index in [-0.39, 0.29) is 35.4 Å². The van der Waals surface area contributed by atoms with Gasteiger partial charge < -0.3 is 14.4 Å². The normalized spacial score (nSPS) is 24.7. The summed E-state index contributed by atoms with van der Waals surface area (Å²) in [5.41, 5.74) is 3.89. The first kappa shape index (κ1) is 23.9. The number of hydrogen-bond donors (Lipinski definition) is 0. The summed E-state index contributed by atoms with van der Waals surface area (Å²) >= 11 is 1.53. The number of carbonyl (C=O) groups excluding carboxylic acids is 3. The minimum absolute atomic E-state index is 0.0949. The predicted octanol–water partition coefficient (Wildman–Crippen LogP) is 5.30. The van der Waals surface area contributed by atoms with Gasteiger partial charge in [-0.05, 0) is 54.0 Å². The van der Waals surface area contributed by atoms with Gasteiger partial charge in [0.15, 0.2) is 0 Å². The molecule has 0 spiro atoms. The predicted molar refractivity (Wildman–Crippen MR) is 135 cm³/mol. The van der Waals surface area contributed by atoms with Gasteiger partial charge in [0.05, 0.1) is 31.4 Å². The molecule has 0 saturated heterocycles. The number of methoxy groups -OCH3 is 1. The van der Waals surface area contributed by atoms with Crippen LogP contribution in [0.15, 0.2) is 47.4 Å². The second-order valence-corrected chi connectivity index (χ2v) is 11.1. The van der Waals surface area contributed by atoms with Crippen molar-refractivity contribution in [2.75, 3.05) is 25.2 Å². The van der Waals surface area contributed by atoms with Gasteiger partial charge in [-0.15, -0.1) is 11.8 Å². The fourth-order valence-corrected chi connectivity index (χ4v) is 7.29. The van der Waals surface area contributed by atoms with Crippen molar-refractivity contribution < 1.29 is 23.9 Å². The molecular formula is C28H31NO5S. The van der Waals surface area contributed by atoms with Crippen LogP contribution in [0.5, 0.6) is 0 Å². The first-order valence-electron chi connectivity index (χ1n) is 12.4. The van der Waals surface area contributed by atoms with Gasteiger partial charge >= 0.3 is 11.9 Å². The van der Waals surface area contributed by atoms with Crippen molar-refractivity contribution in [3.63, 3.8) is 0 Å². The number of ether oxygens (including phenoxy) is 2. The zero-order chi connectivity index (χ0) is 24.5. The zero-order valence-corrected chi connectivity index (χ0v) is 21.0. The van der Waals surface area contributed by atoms with Crippen LogP contribution in [0.2, 0.25) is 0 Å². The summed E-state index contributed by atoms with van der Waals surface area (Å²) in [4.78, 5) is 39.7. The molecule has 0 N–H and O–H groups in total. The summed E-state index contributed by atoms with van der Waals surface area (Å²) in [5, 5.41) is -0.0949. The summed E-state index contributed by atoms with van der Waals surface area (Å²) in [6, 6.07) is 14.0. The monoisotopic (exact) mass is 493 g/mol. The maximum Gasteiger partial charge on any atom is 0.338 e. The summed E-state index contributed by atoms with van der Waals surface area (Å²) in [5.74, 6) is 0.553. The molecule has 0 bridgehead atoms. The average Bonchev–Trinajstić information content (AvgIpc) is 3.20. The fraction of sp³-hybridized carbons (Fsp3) is 0.464. The Morgan fingerprint density at radius 2 is 1.83 bits per heavy atom. The molecule has 4 atom stereocenters. The third-order valence-corrected chi connectivity index (χ3v) is 8.94. The third kappa shape index (κ3) is 4.70. The number of nitrogens with zero attached hydrogens (tertiary/aromatic N) is 1. The van der Waals surface area contributed by atoms with E-state index in [4.69, 9.17) is 9.47 Å². The number of amides is 1. The molecule has 3 unspecified atom stereocenters. The van der Waals surface area contributed by atoms with Crippen molar-refractivity contribution in [3.8, 4) is 0 Å². The maximum atomic E-state index is 13.1. The van der Waals surface area contributed by atoms with E-state index in [1.807, 2.05) is 6.07 Å². The number of rotatable bonds is 5. The molecule has 1 aliphatic heterocycles. The Bertz CT molecular complexity index is 1150. The highest BCUT2D eigenvalue weighted by Gasteiger charge is 2.42. The fourth-order valence-electron chi connectivity index (χ4n) is 6.05. The lowest BCUT2D eigenvalue weighted by Gasteiger charge is -2.33. The Kier molecular flexibility index (Phi) is 6.87. The Morgan fingerprint density at radius 3 is 2.60 bits per heavy atom. The average molecular weight is 494 g/mol. The molecule has 3 aliphatic rings. The highest BCUT2D eigenvalue weighted by molar-refractivity contribution is 8.00. The Morgan fingerprint density at radius 1 is 1.06 bits per heavy atom. The largest absolute Gasteiger partial charge is 0.469 e. The molecule has 1 heterocycles. The second kappa shape index (κ2) is 10.1. The maximum absolute atomic E-state index is 13.1. The van der Waals surface area contributed by atoms with Gasteiger partial charge in [-0.1, -0.05) is 37.1 Å². The Balaban J connectivity index is 1.32. The number of carbonyl (C=O) groups is 3. The van der Waals surface area contributed by atoms with Crippen LogP contribution in [0.3, 0.4) is 0 Å². The molecule has 7 heteroatoms. The number of esters is 2. The van der Waals surface area contributed by atoms with Crippen molar-refractivity contribution in [2.45, 2.75) is 61.0 Å². The number of anilines is 1. The van der Waals surface area contributed by atoms with E-state index in [2.05, 4.69) is 24.3 Å². The van der Waals surface area contributed by atoms with Gasteiger partial charge in [0.1, 0.15) is 0 Å². The molecule has 6 nitrogen and oxygen atoms in total. The van der Waals surface area contributed by atoms with E-state index < -0.39 is 0 Å². The first-order valence-corrected chi connectivity index (χ1v) is 13.3. The number of fused-ring (bicyclic) bond motifs is 4. The highest BCUT2D eigenvalue weighted by Crippen LogP contribution is 2.53. The molecule has 0 radical (unpaired) electrons. The van der Waals surface area contributed by atoms with E-state index in [0.29, 0.717) is 36.2 Å². The van der Waals surface area contributed by atoms with E-state index in [9.17, 15) is 14.4 Å². The summed E-state index contributed by atoms with van der Waals surface area (Å²) in [7, 11) is 1.36. The molecule has 2 aromatic rings. The van der Waals surface area contributed by atoms with E-state index in [0.717, 1.165) is 4.90 Å². The van der Waals surface area contributed by atoms with Crippen LogP contribution >= 0.6 is 11.8 Å². The lowest BCUT2D eigenvalue weighted by molar-refractivity contribution is -0.140. The number of benzene rings is 2. The van der Waals surface area contributed by atoms with Gasteiger partial charge in [-0.2, -0.15) is 0 Å². The molecule has 35 heavy (non-hydrogen) atoms. The van der Waals surface area contributed by atoms with Crippen molar-refractivity contribution >= 4 is 35.3 Å². The third-order valence-electron chi connectivity index (χ3n) is 7.69. The highest BCUT2D eigenvalue weighted by atomic mass is 32.2. The Labute approximate surface area is 210 Å². The minimum Gasteiger partial charge on any atom is -0.469 e. The molecule has 1 amide bonds. The first-order chi connectivity index (χ1) is 17.0. The lowest BCUT2D eigenvalue weighted by atomic mass is 9.76. The molecule has 2 aromatic carbocycles. The Hall–Kier alpha value is -2.80. The van der Waals surface area contributed by atoms with E-state index in [1.165, 1.54) is 62.6 Å². The van der Waals surface area contributed by atoms with Gasteiger partial charge in [0.2, 0.25) is 5.91 Å². The van der Waals surface area contributed by atoms with E-state index in [1.54, 1.807) is 17.0 Å². The molecule has 1 saturated carbocycles. The van der Waals surface area contributed by atoms with Crippen molar-refractivity contribution in [1.82, 2.24) is 0 Å². The van der Waals surface area contributed by atoms with Crippen LogP contribution in [-0.4, -0.2) is 43.4 Å². The second-order valence-electron chi connectivity index (χ2n) is 9.72. The van der Waals surface area contributed by atoms with Crippen molar-refractivity contribution in [2.24, 2.45) is 5.92 Å². The van der Waals surface area contributed by atoms with E-state index >= 15 is 0 Å². The van der Waals surface area contributed by atoms with Gasteiger partial charge in [0, 0.05) is 29.5 Å². The van der Waals surface area contributed by atoms with Gasteiger partial charge in [0.25, 0.3) is 0 Å². The summed E-state index contributed by atoms with van der Waals surface area (Å²) < 4.78 is 10.7. The number of hydrogen-bond acceptors (Lipinski definition) is 6. The smallest absolute Gasteiger partial charge is 0.338 e. The number of thioether (sulfide) groups is 1. The van der Waals surface area contributed by atoms with Crippen LogP contribution in [0.4, 0.5) is 5.69 Å². The van der Waals surface area contributed by atoms with Crippen LogP contribution in [0.1, 0.15) is 72.3 Å². The topological polar surface area (TPSA) is 72.9 Å².